The Kier molecular flexibility index (Phi) is 7.85. The highest BCUT2D eigenvalue weighted by Crippen LogP contribution is 2.11. The summed E-state index contributed by atoms with van der Waals surface area (Å²) in [6.07, 6.45) is -1.88. The van der Waals surface area contributed by atoms with Crippen LogP contribution in [0.2, 0.25) is 0 Å². The maximum atomic E-state index is 11.8. The standard InChI is InChI=1S/C15H28N2O6/c1-14(2,3)22-11(18)16-9-7-8-10-17(12(19)20)13(21)23-15(4,5)6/h7-10H2,1-6H3,(H,16,18)(H,19,20). The Morgan fingerprint density at radius 3 is 1.91 bits per heavy atom. The van der Waals surface area contributed by atoms with Gasteiger partial charge in [-0.15, -0.1) is 0 Å². The highest BCUT2D eigenvalue weighted by Gasteiger charge is 2.26. The molecule has 0 heterocycles. The molecule has 0 aromatic heterocycles. The van der Waals surface area contributed by atoms with E-state index in [-0.39, 0.29) is 6.54 Å². The lowest BCUT2D eigenvalue weighted by Gasteiger charge is -2.24. The molecule has 0 fully saturated rings. The van der Waals surface area contributed by atoms with Gasteiger partial charge >= 0.3 is 18.3 Å². The van der Waals surface area contributed by atoms with Crippen molar-refractivity contribution in [3.63, 3.8) is 0 Å². The van der Waals surface area contributed by atoms with E-state index >= 15 is 0 Å². The molecular weight excluding hydrogens is 304 g/mol. The van der Waals surface area contributed by atoms with Crippen molar-refractivity contribution in [1.29, 1.82) is 0 Å². The van der Waals surface area contributed by atoms with E-state index < -0.39 is 29.5 Å². The summed E-state index contributed by atoms with van der Waals surface area (Å²) in [6.45, 7) is 10.6. The number of carbonyl (C=O) groups excluding carboxylic acids is 2. The first kappa shape index (κ1) is 21.0. The lowest BCUT2D eigenvalue weighted by atomic mass is 10.2. The third kappa shape index (κ3) is 11.3. The fraction of sp³-hybridized carbons (Fsp3) is 0.800. The quantitative estimate of drug-likeness (QED) is 0.749. The SMILES string of the molecule is CC(C)(C)OC(=O)NCCCCN(C(=O)O)C(=O)OC(C)(C)C. The van der Waals surface area contributed by atoms with Gasteiger partial charge in [0.1, 0.15) is 11.2 Å². The minimum atomic E-state index is -1.36. The number of carbonyl (C=O) groups is 3. The van der Waals surface area contributed by atoms with E-state index in [1.54, 1.807) is 41.5 Å². The first-order chi connectivity index (χ1) is 10.3. The van der Waals surface area contributed by atoms with Gasteiger partial charge < -0.3 is 19.9 Å². The van der Waals surface area contributed by atoms with Crippen molar-refractivity contribution in [2.24, 2.45) is 0 Å². The Balaban J connectivity index is 4.14. The minimum Gasteiger partial charge on any atom is -0.465 e. The summed E-state index contributed by atoms with van der Waals surface area (Å²) >= 11 is 0. The number of nitrogens with zero attached hydrogens (tertiary/aromatic N) is 1. The van der Waals surface area contributed by atoms with Gasteiger partial charge in [-0.05, 0) is 54.4 Å². The molecule has 134 valence electrons. The lowest BCUT2D eigenvalue weighted by molar-refractivity contribution is 0.0265. The number of hydrogen-bond donors (Lipinski definition) is 2. The molecule has 0 aromatic carbocycles. The average molecular weight is 332 g/mol. The van der Waals surface area contributed by atoms with Gasteiger partial charge in [0.15, 0.2) is 0 Å². The second kappa shape index (κ2) is 8.59. The van der Waals surface area contributed by atoms with Crippen molar-refractivity contribution in [1.82, 2.24) is 10.2 Å². The van der Waals surface area contributed by atoms with Crippen LogP contribution in [0.25, 0.3) is 0 Å². The smallest absolute Gasteiger partial charge is 0.419 e. The minimum absolute atomic E-state index is 0.000243. The largest absolute Gasteiger partial charge is 0.465 e. The van der Waals surface area contributed by atoms with Crippen molar-refractivity contribution in [2.45, 2.75) is 65.6 Å². The van der Waals surface area contributed by atoms with Crippen LogP contribution in [0.15, 0.2) is 0 Å². The summed E-state index contributed by atoms with van der Waals surface area (Å²) in [5, 5.41) is 11.6. The van der Waals surface area contributed by atoms with Crippen molar-refractivity contribution < 1.29 is 29.0 Å². The molecule has 0 saturated carbocycles. The van der Waals surface area contributed by atoms with Gasteiger partial charge in [-0.3, -0.25) is 0 Å². The van der Waals surface area contributed by atoms with Crippen LogP contribution in [-0.2, 0) is 9.47 Å². The van der Waals surface area contributed by atoms with Gasteiger partial charge in [-0.25, -0.2) is 19.3 Å². The Labute approximate surface area is 137 Å². The number of rotatable bonds is 5. The van der Waals surface area contributed by atoms with E-state index in [4.69, 9.17) is 14.6 Å². The van der Waals surface area contributed by atoms with Gasteiger partial charge in [-0.1, -0.05) is 0 Å². The molecule has 0 rings (SSSR count). The van der Waals surface area contributed by atoms with Crippen molar-refractivity contribution >= 4 is 18.3 Å². The average Bonchev–Trinajstić information content (AvgIpc) is 2.28. The Morgan fingerprint density at radius 1 is 0.957 bits per heavy atom. The van der Waals surface area contributed by atoms with E-state index in [0.717, 1.165) is 0 Å². The van der Waals surface area contributed by atoms with Crippen LogP contribution < -0.4 is 5.32 Å². The number of hydrogen-bond acceptors (Lipinski definition) is 5. The van der Waals surface area contributed by atoms with Crippen molar-refractivity contribution in [2.75, 3.05) is 13.1 Å². The van der Waals surface area contributed by atoms with Crippen LogP contribution in [-0.4, -0.2) is 52.6 Å². The maximum absolute atomic E-state index is 11.8. The fourth-order valence-corrected chi connectivity index (χ4v) is 1.48. The summed E-state index contributed by atoms with van der Waals surface area (Å²) in [5.41, 5.74) is -1.33. The number of nitrogens with one attached hydrogen (secondary N) is 1. The maximum Gasteiger partial charge on any atom is 0.419 e. The van der Waals surface area contributed by atoms with Gasteiger partial charge in [0.2, 0.25) is 0 Å². The monoisotopic (exact) mass is 332 g/mol. The van der Waals surface area contributed by atoms with Crippen LogP contribution in [0.5, 0.6) is 0 Å². The number of unbranched alkanes of at least 4 members (excludes halogenated alkanes) is 1. The number of imide groups is 1. The molecule has 0 atom stereocenters. The summed E-state index contributed by atoms with van der Waals surface area (Å²) < 4.78 is 10.1. The predicted molar refractivity (Wildman–Crippen MR) is 84.4 cm³/mol. The van der Waals surface area contributed by atoms with Gasteiger partial charge in [0.25, 0.3) is 0 Å². The van der Waals surface area contributed by atoms with E-state index in [1.165, 1.54) is 0 Å². The molecule has 0 unspecified atom stereocenters. The Bertz CT molecular complexity index is 423. The van der Waals surface area contributed by atoms with E-state index in [2.05, 4.69) is 5.32 Å². The van der Waals surface area contributed by atoms with Crippen LogP contribution in [0.4, 0.5) is 14.4 Å². The molecule has 0 radical (unpaired) electrons. The number of alkyl carbamates (subject to hydrolysis) is 1. The highest BCUT2D eigenvalue weighted by molar-refractivity contribution is 5.86. The topological polar surface area (TPSA) is 105 Å². The number of amides is 3. The number of ether oxygens (including phenoxy) is 2. The Hall–Kier alpha value is -1.99. The molecular formula is C15H28N2O6. The van der Waals surface area contributed by atoms with Gasteiger partial charge in [0, 0.05) is 13.1 Å². The van der Waals surface area contributed by atoms with Crippen LogP contribution in [0, 0.1) is 0 Å². The summed E-state index contributed by atoms with van der Waals surface area (Å²) in [7, 11) is 0. The van der Waals surface area contributed by atoms with E-state index in [0.29, 0.717) is 24.3 Å². The molecule has 0 bridgehead atoms. The van der Waals surface area contributed by atoms with Crippen LogP contribution in [0.3, 0.4) is 0 Å². The summed E-state index contributed by atoms with van der Waals surface area (Å²) in [6, 6.07) is 0. The number of carboxylic acid groups (broad SMARTS) is 1. The third-order valence-electron chi connectivity index (χ3n) is 2.32. The molecule has 0 aliphatic rings. The normalized spacial score (nSPS) is 11.6. The molecule has 3 amide bonds. The van der Waals surface area contributed by atoms with Crippen molar-refractivity contribution in [3.05, 3.63) is 0 Å². The molecule has 0 spiro atoms. The molecule has 0 saturated heterocycles. The third-order valence-corrected chi connectivity index (χ3v) is 2.32. The highest BCUT2D eigenvalue weighted by atomic mass is 16.6. The Morgan fingerprint density at radius 2 is 1.48 bits per heavy atom. The van der Waals surface area contributed by atoms with Crippen LogP contribution in [0.1, 0.15) is 54.4 Å². The second-order valence-electron chi connectivity index (χ2n) is 7.05. The van der Waals surface area contributed by atoms with E-state index in [9.17, 15) is 14.4 Å². The van der Waals surface area contributed by atoms with E-state index in [1.807, 2.05) is 0 Å². The second-order valence-corrected chi connectivity index (χ2v) is 7.05. The van der Waals surface area contributed by atoms with Gasteiger partial charge in [-0.2, -0.15) is 0 Å². The van der Waals surface area contributed by atoms with Crippen LogP contribution >= 0.6 is 0 Å². The molecule has 2 N–H and O–H groups in total. The zero-order valence-electron chi connectivity index (χ0n) is 14.8. The first-order valence-electron chi connectivity index (χ1n) is 7.52. The molecule has 0 aromatic rings. The van der Waals surface area contributed by atoms with Gasteiger partial charge in [0.05, 0.1) is 0 Å². The molecule has 0 aliphatic heterocycles. The zero-order chi connectivity index (χ0) is 18.3. The summed E-state index contributed by atoms with van der Waals surface area (Å²) in [5.74, 6) is 0. The first-order valence-corrected chi connectivity index (χ1v) is 7.52. The molecule has 8 heteroatoms. The predicted octanol–water partition coefficient (Wildman–Crippen LogP) is 3.21. The lowest BCUT2D eigenvalue weighted by Crippen LogP contribution is -2.40. The summed E-state index contributed by atoms with van der Waals surface area (Å²) in [4.78, 5) is 34.9. The molecule has 8 nitrogen and oxygen atoms in total. The molecule has 0 aliphatic carbocycles. The molecule has 23 heavy (non-hydrogen) atoms. The zero-order valence-corrected chi connectivity index (χ0v) is 14.8. The fourth-order valence-electron chi connectivity index (χ4n) is 1.48. The van der Waals surface area contributed by atoms with Crippen molar-refractivity contribution in [3.8, 4) is 0 Å².